The van der Waals surface area contributed by atoms with Gasteiger partial charge in [0.1, 0.15) is 0 Å². The molecule has 0 aliphatic rings. The summed E-state index contributed by atoms with van der Waals surface area (Å²) in [5, 5.41) is 4.16. The number of carbonyl (C=O) groups is 1. The summed E-state index contributed by atoms with van der Waals surface area (Å²) in [5.74, 6) is 0.00509. The van der Waals surface area contributed by atoms with Gasteiger partial charge in [0.2, 0.25) is 0 Å². The highest BCUT2D eigenvalue weighted by Gasteiger charge is 2.17. The number of aromatic nitrogens is 5. The fourth-order valence-electron chi connectivity index (χ4n) is 3.05. The zero-order valence-electron chi connectivity index (χ0n) is 14.5. The monoisotopic (exact) mass is 381 g/mol. The third-order valence-electron chi connectivity index (χ3n) is 4.43. The van der Waals surface area contributed by atoms with Crippen LogP contribution in [0.3, 0.4) is 0 Å². The second-order valence-corrected chi connectivity index (χ2v) is 6.73. The minimum Gasteiger partial charge on any atom is -0.330 e. The highest BCUT2D eigenvalue weighted by molar-refractivity contribution is 6.30. The van der Waals surface area contributed by atoms with E-state index in [2.05, 4.69) is 15.1 Å². The number of aromatic amines is 1. The van der Waals surface area contributed by atoms with Gasteiger partial charge in [-0.25, -0.2) is 9.67 Å². The summed E-state index contributed by atoms with van der Waals surface area (Å²) in [6.07, 6.45) is 6.68. The van der Waals surface area contributed by atoms with Crippen LogP contribution in [-0.2, 0) is 17.8 Å². The maximum absolute atomic E-state index is 12.8. The third kappa shape index (κ3) is 3.29. The van der Waals surface area contributed by atoms with Crippen molar-refractivity contribution in [3.63, 3.8) is 0 Å². The van der Waals surface area contributed by atoms with E-state index in [1.807, 2.05) is 6.92 Å². The molecule has 136 valence electrons. The molecule has 0 spiro atoms. The van der Waals surface area contributed by atoms with Crippen molar-refractivity contribution in [2.75, 3.05) is 0 Å². The lowest BCUT2D eigenvalue weighted by Gasteiger charge is -2.06. The molecule has 0 atom stereocenters. The number of carbonyl (C=O) groups excluding carboxylic acids is 1. The number of benzene rings is 1. The number of aryl methyl sites for hydroxylation is 1. The molecule has 0 amide bonds. The summed E-state index contributed by atoms with van der Waals surface area (Å²) < 4.78 is 3.15. The van der Waals surface area contributed by atoms with E-state index in [0.717, 1.165) is 5.56 Å². The van der Waals surface area contributed by atoms with E-state index >= 15 is 0 Å². The number of rotatable bonds is 5. The SMILES string of the molecule is Cc1ncc2c(=O)n(-c3ccc(Cl)cc3)[nH]c2c1CC(=O)Cn1ccnc1. The van der Waals surface area contributed by atoms with Crippen LogP contribution in [0.1, 0.15) is 11.3 Å². The van der Waals surface area contributed by atoms with Crippen molar-refractivity contribution in [1.82, 2.24) is 24.3 Å². The van der Waals surface area contributed by atoms with E-state index in [-0.39, 0.29) is 24.3 Å². The molecule has 0 saturated carbocycles. The Kier molecular flexibility index (Phi) is 4.37. The predicted molar refractivity (Wildman–Crippen MR) is 102 cm³/mol. The second-order valence-electron chi connectivity index (χ2n) is 6.29. The molecular weight excluding hydrogens is 366 g/mol. The summed E-state index contributed by atoms with van der Waals surface area (Å²) >= 11 is 5.93. The van der Waals surface area contributed by atoms with Crippen molar-refractivity contribution >= 4 is 28.3 Å². The number of Topliss-reactive ketones (excluding diaryl/α,β-unsaturated/α-hetero) is 1. The number of nitrogens with one attached hydrogen (secondary N) is 1. The van der Waals surface area contributed by atoms with Crippen molar-refractivity contribution in [3.8, 4) is 5.69 Å². The van der Waals surface area contributed by atoms with E-state index in [0.29, 0.717) is 27.3 Å². The van der Waals surface area contributed by atoms with Crippen LogP contribution in [0.15, 0.2) is 54.0 Å². The Labute approximate surface area is 159 Å². The molecule has 27 heavy (non-hydrogen) atoms. The number of ketones is 1. The van der Waals surface area contributed by atoms with Crippen LogP contribution in [0.4, 0.5) is 0 Å². The Bertz CT molecular complexity index is 1170. The molecule has 1 aromatic carbocycles. The molecule has 3 aromatic heterocycles. The normalized spacial score (nSPS) is 11.2. The van der Waals surface area contributed by atoms with Crippen LogP contribution in [0, 0.1) is 6.92 Å². The highest BCUT2D eigenvalue weighted by atomic mass is 35.5. The number of nitrogens with zero attached hydrogens (tertiary/aromatic N) is 4. The Balaban J connectivity index is 1.75. The lowest BCUT2D eigenvalue weighted by atomic mass is 10.1. The van der Waals surface area contributed by atoms with Gasteiger partial charge in [-0.3, -0.25) is 19.7 Å². The first-order valence-corrected chi connectivity index (χ1v) is 8.73. The van der Waals surface area contributed by atoms with Gasteiger partial charge in [-0.15, -0.1) is 0 Å². The summed E-state index contributed by atoms with van der Waals surface area (Å²) in [4.78, 5) is 33.5. The average molecular weight is 382 g/mol. The van der Waals surface area contributed by atoms with E-state index in [1.165, 1.54) is 4.68 Å². The van der Waals surface area contributed by atoms with Crippen LogP contribution < -0.4 is 5.56 Å². The Morgan fingerprint density at radius 2 is 2.04 bits per heavy atom. The third-order valence-corrected chi connectivity index (χ3v) is 4.68. The first-order valence-electron chi connectivity index (χ1n) is 8.35. The van der Waals surface area contributed by atoms with E-state index < -0.39 is 0 Å². The van der Waals surface area contributed by atoms with Gasteiger partial charge in [0.25, 0.3) is 5.56 Å². The van der Waals surface area contributed by atoms with Crippen LogP contribution in [0.5, 0.6) is 0 Å². The summed E-state index contributed by atoms with van der Waals surface area (Å²) in [6.45, 7) is 2.05. The molecule has 0 radical (unpaired) electrons. The Morgan fingerprint density at radius 1 is 1.26 bits per heavy atom. The summed E-state index contributed by atoms with van der Waals surface area (Å²) in [6, 6.07) is 6.94. The molecular formula is C19H16ClN5O2. The van der Waals surface area contributed by atoms with Crippen LogP contribution in [0.25, 0.3) is 16.6 Å². The van der Waals surface area contributed by atoms with Crippen LogP contribution >= 0.6 is 11.6 Å². The predicted octanol–water partition coefficient (Wildman–Crippen LogP) is 2.68. The molecule has 3 heterocycles. The van der Waals surface area contributed by atoms with E-state index in [9.17, 15) is 9.59 Å². The highest BCUT2D eigenvalue weighted by Crippen LogP contribution is 2.19. The van der Waals surface area contributed by atoms with Crippen LogP contribution in [0.2, 0.25) is 5.02 Å². The van der Waals surface area contributed by atoms with Gasteiger partial charge < -0.3 is 4.57 Å². The largest absolute Gasteiger partial charge is 0.330 e. The first kappa shape index (κ1) is 17.2. The van der Waals surface area contributed by atoms with Gasteiger partial charge in [-0.2, -0.15) is 0 Å². The zero-order valence-corrected chi connectivity index (χ0v) is 15.3. The lowest BCUT2D eigenvalue weighted by Crippen LogP contribution is -2.14. The van der Waals surface area contributed by atoms with Crippen molar-refractivity contribution in [2.24, 2.45) is 0 Å². The number of fused-ring (bicyclic) bond motifs is 1. The van der Waals surface area contributed by atoms with Gasteiger partial charge in [0.15, 0.2) is 5.78 Å². The molecule has 7 nitrogen and oxygen atoms in total. The molecule has 0 unspecified atom stereocenters. The van der Waals surface area contributed by atoms with Gasteiger partial charge >= 0.3 is 0 Å². The summed E-state index contributed by atoms with van der Waals surface area (Å²) in [7, 11) is 0. The fraction of sp³-hybridized carbons (Fsp3) is 0.158. The molecule has 4 rings (SSSR count). The van der Waals surface area contributed by atoms with Gasteiger partial charge in [-0.1, -0.05) is 11.6 Å². The smallest absolute Gasteiger partial charge is 0.280 e. The number of pyridine rings is 1. The van der Waals surface area contributed by atoms with E-state index in [1.54, 1.807) is 53.8 Å². The number of halogens is 1. The average Bonchev–Trinajstić information content (AvgIpc) is 3.26. The number of imidazole rings is 1. The number of hydrogen-bond donors (Lipinski definition) is 1. The number of H-pyrrole nitrogens is 1. The molecule has 1 N–H and O–H groups in total. The molecule has 0 aliphatic carbocycles. The minimum absolute atomic E-state index is 0.00509. The molecule has 0 bridgehead atoms. The topological polar surface area (TPSA) is 85.6 Å². The minimum atomic E-state index is -0.219. The lowest BCUT2D eigenvalue weighted by molar-refractivity contribution is -0.119. The van der Waals surface area contributed by atoms with Crippen molar-refractivity contribution in [2.45, 2.75) is 19.9 Å². The maximum atomic E-state index is 12.8. The quantitative estimate of drug-likeness (QED) is 0.576. The zero-order chi connectivity index (χ0) is 19.0. The van der Waals surface area contributed by atoms with Crippen molar-refractivity contribution in [1.29, 1.82) is 0 Å². The maximum Gasteiger partial charge on any atom is 0.280 e. The molecule has 0 saturated heterocycles. The second kappa shape index (κ2) is 6.85. The standard InChI is InChI=1S/C19H16ClN5O2/c1-12-16(8-15(26)10-24-7-6-21-11-24)18-17(9-22-12)19(27)25(23-18)14-4-2-13(20)3-5-14/h2-7,9,11,23H,8,10H2,1H3. The van der Waals surface area contributed by atoms with Crippen molar-refractivity contribution in [3.05, 3.63) is 75.8 Å². The van der Waals surface area contributed by atoms with Gasteiger partial charge in [0, 0.05) is 41.3 Å². The van der Waals surface area contributed by atoms with Gasteiger partial charge in [0.05, 0.1) is 29.5 Å². The molecule has 8 heteroatoms. The molecule has 0 fully saturated rings. The van der Waals surface area contributed by atoms with E-state index in [4.69, 9.17) is 11.6 Å². The van der Waals surface area contributed by atoms with Crippen molar-refractivity contribution < 1.29 is 4.79 Å². The Morgan fingerprint density at radius 3 is 2.74 bits per heavy atom. The van der Waals surface area contributed by atoms with Gasteiger partial charge in [-0.05, 0) is 31.2 Å². The number of hydrogen-bond acceptors (Lipinski definition) is 4. The molecule has 4 aromatic rings. The summed E-state index contributed by atoms with van der Waals surface area (Å²) in [5.41, 5.74) is 2.51. The first-order chi connectivity index (χ1) is 13.0. The fourth-order valence-corrected chi connectivity index (χ4v) is 3.17. The molecule has 0 aliphatic heterocycles. The Hall–Kier alpha value is -3.19. The van der Waals surface area contributed by atoms with Crippen LogP contribution in [-0.4, -0.2) is 30.1 Å².